The summed E-state index contributed by atoms with van der Waals surface area (Å²) in [6.07, 6.45) is 0.976. The Bertz CT molecular complexity index is 1190. The second kappa shape index (κ2) is 8.64. The van der Waals surface area contributed by atoms with Crippen molar-refractivity contribution in [2.24, 2.45) is 0 Å². The standard InChI is InChI=1S/C26H29BrN4/c1-19(2)31-25(28-24-18-23(27)21-10-6-7-11-22(21)26(24)31)12-13-29-14-16-30(17-15-29)20-8-4-3-5-9-20/h3-11,18-19H,12-17H2,1-2H3. The monoisotopic (exact) mass is 476 g/mol. The van der Waals surface area contributed by atoms with Crippen LogP contribution in [0.1, 0.15) is 25.7 Å². The minimum Gasteiger partial charge on any atom is -0.369 e. The van der Waals surface area contributed by atoms with Crippen LogP contribution in [0, 0.1) is 0 Å². The number of anilines is 1. The number of halogens is 1. The van der Waals surface area contributed by atoms with Gasteiger partial charge in [-0.3, -0.25) is 4.90 Å². The van der Waals surface area contributed by atoms with Crippen LogP contribution in [0.15, 0.2) is 65.1 Å². The van der Waals surface area contributed by atoms with Crippen molar-refractivity contribution in [1.29, 1.82) is 0 Å². The third-order valence-corrected chi connectivity index (χ3v) is 7.03. The van der Waals surface area contributed by atoms with E-state index in [-0.39, 0.29) is 0 Å². The van der Waals surface area contributed by atoms with E-state index in [0.717, 1.165) is 49.1 Å². The summed E-state index contributed by atoms with van der Waals surface area (Å²) >= 11 is 3.75. The molecule has 0 bridgehead atoms. The first-order chi connectivity index (χ1) is 15.1. The Kier molecular flexibility index (Phi) is 5.72. The predicted octanol–water partition coefficient (Wildman–Crippen LogP) is 5.90. The average Bonchev–Trinajstić information content (AvgIpc) is 3.17. The van der Waals surface area contributed by atoms with E-state index in [1.54, 1.807) is 0 Å². The van der Waals surface area contributed by atoms with Crippen LogP contribution in [0.25, 0.3) is 21.8 Å². The van der Waals surface area contributed by atoms with Gasteiger partial charge in [-0.05, 0) is 37.4 Å². The van der Waals surface area contributed by atoms with E-state index < -0.39 is 0 Å². The van der Waals surface area contributed by atoms with Crippen molar-refractivity contribution in [3.05, 3.63) is 71.0 Å². The summed E-state index contributed by atoms with van der Waals surface area (Å²) in [5.74, 6) is 1.19. The van der Waals surface area contributed by atoms with Crippen LogP contribution in [0.4, 0.5) is 5.69 Å². The molecule has 0 radical (unpaired) electrons. The highest BCUT2D eigenvalue weighted by atomic mass is 79.9. The molecule has 3 aromatic carbocycles. The predicted molar refractivity (Wildman–Crippen MR) is 134 cm³/mol. The lowest BCUT2D eigenvalue weighted by atomic mass is 10.1. The van der Waals surface area contributed by atoms with Gasteiger partial charge in [0.1, 0.15) is 5.82 Å². The second-order valence-electron chi connectivity index (χ2n) is 8.68. The number of aromatic nitrogens is 2. The Morgan fingerprint density at radius 1 is 0.903 bits per heavy atom. The Hall–Kier alpha value is -2.37. The minimum atomic E-state index is 0.375. The summed E-state index contributed by atoms with van der Waals surface area (Å²) in [4.78, 5) is 10.2. The molecule has 1 fully saturated rings. The normalized spacial score (nSPS) is 15.4. The molecule has 4 aromatic rings. The van der Waals surface area contributed by atoms with E-state index in [1.165, 1.54) is 27.8 Å². The molecule has 0 saturated carbocycles. The van der Waals surface area contributed by atoms with E-state index >= 15 is 0 Å². The Labute approximate surface area is 192 Å². The van der Waals surface area contributed by atoms with Gasteiger partial charge in [0.15, 0.2) is 0 Å². The van der Waals surface area contributed by atoms with Gasteiger partial charge < -0.3 is 9.47 Å². The van der Waals surface area contributed by atoms with Crippen LogP contribution >= 0.6 is 15.9 Å². The molecule has 0 spiro atoms. The van der Waals surface area contributed by atoms with Crippen molar-refractivity contribution in [2.45, 2.75) is 26.3 Å². The Morgan fingerprint density at radius 2 is 1.58 bits per heavy atom. The molecule has 5 rings (SSSR count). The fourth-order valence-corrected chi connectivity index (χ4v) is 5.38. The molecule has 0 unspecified atom stereocenters. The maximum absolute atomic E-state index is 5.09. The highest BCUT2D eigenvalue weighted by molar-refractivity contribution is 9.10. The SMILES string of the molecule is CC(C)n1c(CCN2CCN(c3ccccc3)CC2)nc2cc(Br)c3ccccc3c21. The van der Waals surface area contributed by atoms with Crippen molar-refractivity contribution in [1.82, 2.24) is 14.5 Å². The maximum Gasteiger partial charge on any atom is 0.111 e. The van der Waals surface area contributed by atoms with Crippen LogP contribution in [-0.2, 0) is 6.42 Å². The van der Waals surface area contributed by atoms with Crippen LogP contribution in [0.2, 0.25) is 0 Å². The van der Waals surface area contributed by atoms with E-state index in [2.05, 4.69) is 105 Å². The van der Waals surface area contributed by atoms with E-state index in [4.69, 9.17) is 4.98 Å². The van der Waals surface area contributed by atoms with Gasteiger partial charge in [0.05, 0.1) is 11.0 Å². The van der Waals surface area contributed by atoms with Gasteiger partial charge in [-0.15, -0.1) is 0 Å². The van der Waals surface area contributed by atoms with E-state index in [1.807, 2.05) is 0 Å². The molecule has 1 aliphatic rings. The van der Waals surface area contributed by atoms with Crippen LogP contribution in [0.5, 0.6) is 0 Å². The lowest BCUT2D eigenvalue weighted by molar-refractivity contribution is 0.258. The van der Waals surface area contributed by atoms with Crippen LogP contribution in [-0.4, -0.2) is 47.2 Å². The number of benzene rings is 3. The molecular formula is C26H29BrN4. The van der Waals surface area contributed by atoms with E-state index in [9.17, 15) is 0 Å². The first kappa shape index (κ1) is 20.5. The number of piperazine rings is 1. The van der Waals surface area contributed by atoms with Gasteiger partial charge in [0.2, 0.25) is 0 Å². The molecule has 1 aromatic heterocycles. The molecule has 2 heterocycles. The number of nitrogens with zero attached hydrogens (tertiary/aromatic N) is 4. The van der Waals surface area contributed by atoms with Crippen molar-refractivity contribution < 1.29 is 0 Å². The molecule has 0 N–H and O–H groups in total. The van der Waals surface area contributed by atoms with Gasteiger partial charge in [-0.2, -0.15) is 0 Å². The molecule has 0 aliphatic carbocycles. The van der Waals surface area contributed by atoms with Crippen LogP contribution in [0.3, 0.4) is 0 Å². The zero-order valence-corrected chi connectivity index (χ0v) is 19.8. The molecule has 5 heteroatoms. The fraction of sp³-hybridized carbons (Fsp3) is 0.346. The molecule has 1 aliphatic heterocycles. The van der Waals surface area contributed by atoms with Crippen molar-refractivity contribution in [2.75, 3.05) is 37.6 Å². The molecule has 31 heavy (non-hydrogen) atoms. The van der Waals surface area contributed by atoms with Crippen molar-refractivity contribution >= 4 is 43.4 Å². The number of hydrogen-bond donors (Lipinski definition) is 0. The van der Waals surface area contributed by atoms with Gasteiger partial charge in [-0.25, -0.2) is 4.98 Å². The Morgan fingerprint density at radius 3 is 2.29 bits per heavy atom. The summed E-state index contributed by atoms with van der Waals surface area (Å²) in [5.41, 5.74) is 3.68. The van der Waals surface area contributed by atoms with Gasteiger partial charge in [0.25, 0.3) is 0 Å². The molecule has 160 valence electrons. The topological polar surface area (TPSA) is 24.3 Å². The zero-order chi connectivity index (χ0) is 21.4. The van der Waals surface area contributed by atoms with Crippen molar-refractivity contribution in [3.63, 3.8) is 0 Å². The molecule has 0 amide bonds. The third-order valence-electron chi connectivity index (χ3n) is 6.38. The second-order valence-corrected chi connectivity index (χ2v) is 9.53. The first-order valence-electron chi connectivity index (χ1n) is 11.2. The summed E-state index contributed by atoms with van der Waals surface area (Å²) in [6, 6.07) is 21.9. The van der Waals surface area contributed by atoms with Gasteiger partial charge in [0, 0.05) is 60.7 Å². The summed E-state index contributed by atoms with van der Waals surface area (Å²) in [5, 5.41) is 2.52. The lowest BCUT2D eigenvalue weighted by Crippen LogP contribution is -2.47. The lowest BCUT2D eigenvalue weighted by Gasteiger charge is -2.36. The number of hydrogen-bond acceptors (Lipinski definition) is 3. The molecule has 4 nitrogen and oxygen atoms in total. The summed E-state index contributed by atoms with van der Waals surface area (Å²) < 4.78 is 3.57. The Balaban J connectivity index is 1.36. The first-order valence-corrected chi connectivity index (χ1v) is 12.0. The smallest absolute Gasteiger partial charge is 0.111 e. The molecular weight excluding hydrogens is 448 g/mol. The number of imidazole rings is 1. The maximum atomic E-state index is 5.09. The number of rotatable bonds is 5. The minimum absolute atomic E-state index is 0.375. The quantitative estimate of drug-likeness (QED) is 0.358. The zero-order valence-electron chi connectivity index (χ0n) is 18.3. The van der Waals surface area contributed by atoms with Crippen LogP contribution < -0.4 is 4.90 Å². The van der Waals surface area contributed by atoms with E-state index in [0.29, 0.717) is 6.04 Å². The summed E-state index contributed by atoms with van der Waals surface area (Å²) in [6.45, 7) is 9.96. The number of para-hydroxylation sites is 1. The van der Waals surface area contributed by atoms with Gasteiger partial charge in [-0.1, -0.05) is 58.4 Å². The third kappa shape index (κ3) is 3.97. The largest absolute Gasteiger partial charge is 0.369 e. The van der Waals surface area contributed by atoms with Gasteiger partial charge >= 0.3 is 0 Å². The molecule has 1 saturated heterocycles. The van der Waals surface area contributed by atoms with Crippen molar-refractivity contribution in [3.8, 4) is 0 Å². The average molecular weight is 477 g/mol. The molecule has 0 atom stereocenters. The highest BCUT2D eigenvalue weighted by Gasteiger charge is 2.20. The number of fused-ring (bicyclic) bond motifs is 3. The fourth-order valence-electron chi connectivity index (χ4n) is 4.82. The highest BCUT2D eigenvalue weighted by Crippen LogP contribution is 2.34. The summed E-state index contributed by atoms with van der Waals surface area (Å²) in [7, 11) is 0.